The quantitative estimate of drug-likeness (QED) is 0.351. The molecule has 0 N–H and O–H groups in total. The molecule has 2 aliphatic heterocycles. The lowest BCUT2D eigenvalue weighted by molar-refractivity contribution is -0.122. The molecule has 2 heterocycles. The zero-order chi connectivity index (χ0) is 21.3. The lowest BCUT2D eigenvalue weighted by atomic mass is 9.94. The summed E-state index contributed by atoms with van der Waals surface area (Å²) in [5.41, 5.74) is 3.41. The van der Waals surface area contributed by atoms with Crippen LogP contribution < -0.4 is 4.90 Å². The molecule has 0 saturated carbocycles. The van der Waals surface area contributed by atoms with Crippen LogP contribution in [0, 0.1) is 0 Å². The predicted octanol–water partition coefficient (Wildman–Crippen LogP) is 6.83. The van der Waals surface area contributed by atoms with Crippen molar-refractivity contribution < 1.29 is 4.79 Å². The number of carbonyl (C=O) groups is 1. The topological polar surface area (TPSA) is 23.6 Å². The van der Waals surface area contributed by atoms with Crippen LogP contribution in [-0.4, -0.2) is 28.2 Å². The van der Waals surface area contributed by atoms with Crippen LogP contribution in [0.3, 0.4) is 0 Å². The van der Waals surface area contributed by atoms with E-state index >= 15 is 0 Å². The normalized spacial score (nSPS) is 23.5. The number of rotatable bonds is 4. The molecule has 1 aromatic carbocycles. The van der Waals surface area contributed by atoms with Crippen molar-refractivity contribution in [3.05, 3.63) is 68.6 Å². The molecule has 156 valence electrons. The molecule has 1 aromatic rings. The van der Waals surface area contributed by atoms with E-state index in [0.29, 0.717) is 15.8 Å². The van der Waals surface area contributed by atoms with Crippen LogP contribution in [0.5, 0.6) is 0 Å². The average molecular weight is 475 g/mol. The summed E-state index contributed by atoms with van der Waals surface area (Å²) in [4.78, 5) is 18.5. The van der Waals surface area contributed by atoms with E-state index in [4.69, 9.17) is 23.8 Å². The number of benzene rings is 1. The van der Waals surface area contributed by atoms with Gasteiger partial charge in [0.2, 0.25) is 0 Å². The molecule has 3 nitrogen and oxygen atoms in total. The van der Waals surface area contributed by atoms with Gasteiger partial charge in [0.1, 0.15) is 4.32 Å². The van der Waals surface area contributed by atoms with Crippen LogP contribution >= 0.6 is 47.3 Å². The average Bonchev–Trinajstić information content (AvgIpc) is 3.24. The minimum absolute atomic E-state index is 0.0126. The first kappa shape index (κ1) is 21.8. The van der Waals surface area contributed by atoms with Crippen LogP contribution in [0.1, 0.15) is 33.1 Å². The SMILES string of the molecule is CCN1C(=O)/C(=C\C2=C(Cl)C(=C\C=C3/Sc4ccccc4N3CC)/CCC2)SC1=S. The van der Waals surface area contributed by atoms with Gasteiger partial charge in [0, 0.05) is 23.0 Å². The van der Waals surface area contributed by atoms with Crippen LogP contribution in [0.15, 0.2) is 73.5 Å². The number of likely N-dealkylation sites (N-methyl/N-ethyl adjacent to an activating group) is 1. The number of carbonyl (C=O) groups excluding carboxylic acids is 1. The van der Waals surface area contributed by atoms with Gasteiger partial charge >= 0.3 is 0 Å². The number of hydrogen-bond acceptors (Lipinski definition) is 5. The fourth-order valence-electron chi connectivity index (χ4n) is 3.79. The molecule has 4 rings (SSSR count). The Morgan fingerprint density at radius 2 is 1.87 bits per heavy atom. The zero-order valence-corrected chi connectivity index (χ0v) is 20.2. The monoisotopic (exact) mass is 474 g/mol. The highest BCUT2D eigenvalue weighted by atomic mass is 35.5. The number of thioether (sulfide) groups is 2. The van der Waals surface area contributed by atoms with Crippen LogP contribution in [0.2, 0.25) is 0 Å². The molecule has 1 amide bonds. The molecule has 0 aromatic heterocycles. The molecular formula is C23H23ClN2OS3. The summed E-state index contributed by atoms with van der Waals surface area (Å²) in [6.45, 7) is 5.63. The number of amides is 1. The molecule has 1 saturated heterocycles. The molecule has 0 radical (unpaired) electrons. The maximum atomic E-state index is 12.5. The first-order valence-electron chi connectivity index (χ1n) is 10.1. The molecule has 0 spiro atoms. The fourth-order valence-corrected chi connectivity index (χ4v) is 6.62. The highest BCUT2D eigenvalue weighted by Gasteiger charge is 2.31. The Morgan fingerprint density at radius 3 is 2.60 bits per heavy atom. The molecule has 1 fully saturated rings. The van der Waals surface area contributed by atoms with Crippen molar-refractivity contribution >= 4 is 63.3 Å². The second-order valence-corrected chi connectivity index (χ2v) is 10.2. The van der Waals surface area contributed by atoms with Gasteiger partial charge in [-0.1, -0.05) is 65.6 Å². The Kier molecular flexibility index (Phi) is 6.78. The maximum Gasteiger partial charge on any atom is 0.266 e. The first-order valence-corrected chi connectivity index (χ1v) is 12.5. The number of anilines is 1. The standard InChI is InChI=1S/C23H23ClN2OS3/c1-3-25-17-10-5-6-11-18(17)29-20(25)13-12-15-8-7-9-16(21(15)24)14-19-22(27)26(4-2)23(28)30-19/h5-6,10-14H,3-4,7-9H2,1-2H3/b15-12-,19-14+,20-13-. The molecule has 0 atom stereocenters. The first-order chi connectivity index (χ1) is 14.5. The summed E-state index contributed by atoms with van der Waals surface area (Å²) in [6, 6.07) is 8.49. The van der Waals surface area contributed by atoms with Crippen LogP contribution in [-0.2, 0) is 4.79 Å². The van der Waals surface area contributed by atoms with E-state index in [1.807, 2.05) is 13.0 Å². The van der Waals surface area contributed by atoms with Crippen LogP contribution in [0.25, 0.3) is 0 Å². The number of hydrogen-bond donors (Lipinski definition) is 0. The molecule has 7 heteroatoms. The van der Waals surface area contributed by atoms with Gasteiger partial charge in [-0.25, -0.2) is 0 Å². The summed E-state index contributed by atoms with van der Waals surface area (Å²) < 4.78 is 0.624. The Labute approximate surface area is 196 Å². The Hall–Kier alpha value is -1.47. The summed E-state index contributed by atoms with van der Waals surface area (Å²) in [7, 11) is 0. The summed E-state index contributed by atoms with van der Waals surface area (Å²) >= 11 is 15.3. The second kappa shape index (κ2) is 9.35. The van der Waals surface area contributed by atoms with Gasteiger partial charge in [-0.15, -0.1) is 0 Å². The van der Waals surface area contributed by atoms with Crippen molar-refractivity contribution in [1.82, 2.24) is 4.90 Å². The fraction of sp³-hybridized carbons (Fsp3) is 0.304. The molecule has 3 aliphatic rings. The van der Waals surface area contributed by atoms with Gasteiger partial charge in [0.15, 0.2) is 0 Å². The lowest BCUT2D eigenvalue weighted by Crippen LogP contribution is -2.27. The number of nitrogens with zero attached hydrogens (tertiary/aromatic N) is 2. The van der Waals surface area contributed by atoms with Crippen LogP contribution in [0.4, 0.5) is 5.69 Å². The predicted molar refractivity (Wildman–Crippen MR) is 134 cm³/mol. The third-order valence-electron chi connectivity index (χ3n) is 5.33. The van der Waals surface area contributed by atoms with Gasteiger partial charge in [-0.05, 0) is 68.5 Å². The minimum atomic E-state index is -0.0126. The molecule has 0 bridgehead atoms. The third kappa shape index (κ3) is 4.15. The number of allylic oxidation sites excluding steroid dienone is 6. The summed E-state index contributed by atoms with van der Waals surface area (Å²) in [5, 5.41) is 1.98. The number of halogens is 1. The second-order valence-electron chi connectivity index (χ2n) is 7.13. The van der Waals surface area contributed by atoms with E-state index in [9.17, 15) is 4.79 Å². The highest BCUT2D eigenvalue weighted by Crippen LogP contribution is 2.46. The smallest absolute Gasteiger partial charge is 0.266 e. The number of fused-ring (bicyclic) bond motifs is 1. The van der Waals surface area contributed by atoms with Crippen molar-refractivity contribution in [3.8, 4) is 0 Å². The third-order valence-corrected chi connectivity index (χ3v) is 8.33. The van der Waals surface area contributed by atoms with E-state index in [1.54, 1.807) is 16.7 Å². The summed E-state index contributed by atoms with van der Waals surface area (Å²) in [5.74, 6) is -0.0126. The van der Waals surface area contributed by atoms with Crippen molar-refractivity contribution in [3.63, 3.8) is 0 Å². The number of thiocarbonyl (C=S) groups is 1. The molecule has 0 unspecified atom stereocenters. The molecule has 30 heavy (non-hydrogen) atoms. The van der Waals surface area contributed by atoms with E-state index < -0.39 is 0 Å². The Morgan fingerprint density at radius 1 is 1.10 bits per heavy atom. The Bertz CT molecular complexity index is 1030. The van der Waals surface area contributed by atoms with Gasteiger partial charge < -0.3 is 4.90 Å². The molecular weight excluding hydrogens is 452 g/mol. The zero-order valence-electron chi connectivity index (χ0n) is 17.0. The lowest BCUT2D eigenvalue weighted by Gasteiger charge is -2.19. The van der Waals surface area contributed by atoms with E-state index in [2.05, 4.69) is 48.2 Å². The van der Waals surface area contributed by atoms with Crippen molar-refractivity contribution in [1.29, 1.82) is 0 Å². The summed E-state index contributed by atoms with van der Waals surface area (Å²) in [6.07, 6.45) is 9.10. The van der Waals surface area contributed by atoms with Crippen molar-refractivity contribution in [2.24, 2.45) is 0 Å². The van der Waals surface area contributed by atoms with E-state index in [1.165, 1.54) is 27.4 Å². The van der Waals surface area contributed by atoms with Gasteiger partial charge in [-0.3, -0.25) is 9.69 Å². The maximum absolute atomic E-state index is 12.5. The number of para-hydroxylation sites is 1. The molecule has 1 aliphatic carbocycles. The van der Waals surface area contributed by atoms with E-state index in [0.717, 1.165) is 42.0 Å². The minimum Gasteiger partial charge on any atom is -0.335 e. The van der Waals surface area contributed by atoms with Crippen molar-refractivity contribution in [2.75, 3.05) is 18.0 Å². The van der Waals surface area contributed by atoms with Gasteiger partial charge in [0.05, 0.1) is 15.6 Å². The van der Waals surface area contributed by atoms with Gasteiger partial charge in [0.25, 0.3) is 5.91 Å². The highest BCUT2D eigenvalue weighted by molar-refractivity contribution is 8.26. The van der Waals surface area contributed by atoms with Crippen molar-refractivity contribution in [2.45, 2.75) is 38.0 Å². The van der Waals surface area contributed by atoms with E-state index in [-0.39, 0.29) is 5.91 Å². The van der Waals surface area contributed by atoms with Gasteiger partial charge in [-0.2, -0.15) is 0 Å². The largest absolute Gasteiger partial charge is 0.335 e. The Balaban J connectivity index is 1.60.